The third-order valence-electron chi connectivity index (χ3n) is 4.82. The maximum absolute atomic E-state index is 12.9. The lowest BCUT2D eigenvalue weighted by atomic mass is 9.94. The van der Waals surface area contributed by atoms with Gasteiger partial charge < -0.3 is 4.74 Å². The predicted molar refractivity (Wildman–Crippen MR) is 109 cm³/mol. The molecule has 2 aromatic rings. The molecule has 7 heteroatoms. The van der Waals surface area contributed by atoms with E-state index in [0.29, 0.717) is 35.5 Å². The lowest BCUT2D eigenvalue weighted by Gasteiger charge is -2.34. The number of sulfonamides is 1. The summed E-state index contributed by atoms with van der Waals surface area (Å²) in [5, 5.41) is 0.574. The van der Waals surface area contributed by atoms with E-state index in [2.05, 4.69) is 13.8 Å². The van der Waals surface area contributed by atoms with Crippen LogP contribution < -0.4 is 0 Å². The third-order valence-corrected chi connectivity index (χ3v) is 6.90. The average Bonchev–Trinajstić information content (AvgIpc) is 2.65. The molecule has 3 rings (SSSR count). The van der Waals surface area contributed by atoms with E-state index in [1.807, 2.05) is 6.07 Å². The standard InChI is InChI=1S/C21H24ClNO4S/c1-15-10-16(2)13-23(12-15)28(25,26)20-8-6-18(7-9-20)21(24)27-14-17-4-3-5-19(22)11-17/h3-9,11,15-16H,10,12-14H2,1-2H3/t15-,16-/m1/s1. The molecule has 0 saturated carbocycles. The summed E-state index contributed by atoms with van der Waals surface area (Å²) in [6.45, 7) is 5.28. The number of piperidine rings is 1. The van der Waals surface area contributed by atoms with Gasteiger partial charge in [0, 0.05) is 18.1 Å². The minimum atomic E-state index is -3.56. The molecule has 0 aliphatic carbocycles. The number of ether oxygens (including phenoxy) is 1. The zero-order valence-electron chi connectivity index (χ0n) is 16.0. The number of rotatable bonds is 5. The van der Waals surface area contributed by atoms with E-state index >= 15 is 0 Å². The first-order chi connectivity index (χ1) is 13.3. The topological polar surface area (TPSA) is 63.7 Å². The van der Waals surface area contributed by atoms with Gasteiger partial charge in [-0.1, -0.05) is 37.6 Å². The SMILES string of the molecule is C[C@@H]1C[C@@H](C)CN(S(=O)(=O)c2ccc(C(=O)OCc3cccc(Cl)c3)cc2)C1. The molecule has 2 aromatic carbocycles. The van der Waals surface area contributed by atoms with Crippen molar-refractivity contribution in [2.75, 3.05) is 13.1 Å². The van der Waals surface area contributed by atoms with Crippen LogP contribution in [0.15, 0.2) is 53.4 Å². The monoisotopic (exact) mass is 421 g/mol. The van der Waals surface area contributed by atoms with Crippen LogP contribution >= 0.6 is 11.6 Å². The lowest BCUT2D eigenvalue weighted by molar-refractivity contribution is 0.0472. The molecule has 150 valence electrons. The summed E-state index contributed by atoms with van der Waals surface area (Å²) in [5.41, 5.74) is 1.09. The van der Waals surface area contributed by atoms with Gasteiger partial charge >= 0.3 is 5.97 Å². The molecule has 0 spiro atoms. The van der Waals surface area contributed by atoms with E-state index in [9.17, 15) is 13.2 Å². The van der Waals surface area contributed by atoms with Crippen LogP contribution in [0.4, 0.5) is 0 Å². The van der Waals surface area contributed by atoms with Crippen molar-refractivity contribution in [2.24, 2.45) is 11.8 Å². The van der Waals surface area contributed by atoms with Crippen LogP contribution in [0.3, 0.4) is 0 Å². The molecule has 0 bridgehead atoms. The maximum atomic E-state index is 12.9. The largest absolute Gasteiger partial charge is 0.457 e. The summed E-state index contributed by atoms with van der Waals surface area (Å²) in [5.74, 6) is 0.155. The van der Waals surface area contributed by atoms with E-state index < -0.39 is 16.0 Å². The zero-order valence-corrected chi connectivity index (χ0v) is 17.5. The van der Waals surface area contributed by atoms with Crippen molar-refractivity contribution < 1.29 is 17.9 Å². The summed E-state index contributed by atoms with van der Waals surface area (Å²) < 4.78 is 32.6. The Morgan fingerprint density at radius 3 is 2.36 bits per heavy atom. The van der Waals surface area contributed by atoms with Gasteiger partial charge in [-0.2, -0.15) is 4.31 Å². The van der Waals surface area contributed by atoms with Crippen LogP contribution in [-0.4, -0.2) is 31.8 Å². The lowest BCUT2D eigenvalue weighted by Crippen LogP contribution is -2.42. The van der Waals surface area contributed by atoms with E-state index in [0.717, 1.165) is 12.0 Å². The fourth-order valence-electron chi connectivity index (χ4n) is 3.57. The fourth-order valence-corrected chi connectivity index (χ4v) is 5.47. The number of hydrogen-bond donors (Lipinski definition) is 0. The summed E-state index contributed by atoms with van der Waals surface area (Å²) in [6, 6.07) is 13.0. The Balaban J connectivity index is 1.67. The van der Waals surface area contributed by atoms with Gasteiger partial charge in [0.2, 0.25) is 10.0 Å². The molecule has 1 aliphatic heterocycles. The molecule has 0 radical (unpaired) electrons. The first-order valence-electron chi connectivity index (χ1n) is 9.27. The van der Waals surface area contributed by atoms with Crippen molar-refractivity contribution in [1.82, 2.24) is 4.31 Å². The highest BCUT2D eigenvalue weighted by Gasteiger charge is 2.31. The quantitative estimate of drug-likeness (QED) is 0.672. The smallest absolute Gasteiger partial charge is 0.338 e. The van der Waals surface area contributed by atoms with Gasteiger partial charge in [-0.15, -0.1) is 0 Å². The molecule has 1 heterocycles. The van der Waals surface area contributed by atoms with E-state index in [1.54, 1.807) is 18.2 Å². The number of esters is 1. The molecular weight excluding hydrogens is 398 g/mol. The van der Waals surface area contributed by atoms with Gasteiger partial charge in [-0.3, -0.25) is 0 Å². The van der Waals surface area contributed by atoms with E-state index in [-0.39, 0.29) is 11.5 Å². The minimum Gasteiger partial charge on any atom is -0.457 e. The van der Waals surface area contributed by atoms with Gasteiger partial charge in [-0.05, 0) is 60.2 Å². The Bertz CT molecular complexity index is 933. The number of halogens is 1. The number of benzene rings is 2. The van der Waals surface area contributed by atoms with Gasteiger partial charge in [0.1, 0.15) is 6.61 Å². The Hall–Kier alpha value is -1.89. The average molecular weight is 422 g/mol. The summed E-state index contributed by atoms with van der Waals surface area (Å²) in [7, 11) is -3.56. The molecule has 1 fully saturated rings. The number of nitrogens with zero attached hydrogens (tertiary/aromatic N) is 1. The number of hydrogen-bond acceptors (Lipinski definition) is 4. The van der Waals surface area contributed by atoms with Crippen molar-refractivity contribution >= 4 is 27.6 Å². The van der Waals surface area contributed by atoms with Crippen LogP contribution in [-0.2, 0) is 21.4 Å². The van der Waals surface area contributed by atoms with Crippen molar-refractivity contribution in [3.63, 3.8) is 0 Å². The molecule has 5 nitrogen and oxygen atoms in total. The van der Waals surface area contributed by atoms with Gasteiger partial charge in [0.25, 0.3) is 0 Å². The van der Waals surface area contributed by atoms with E-state index in [1.165, 1.54) is 28.6 Å². The van der Waals surface area contributed by atoms with Gasteiger partial charge in [0.15, 0.2) is 0 Å². The molecule has 28 heavy (non-hydrogen) atoms. The molecule has 0 amide bonds. The second kappa shape index (κ2) is 8.64. The Morgan fingerprint density at radius 2 is 1.75 bits per heavy atom. The third kappa shape index (κ3) is 4.93. The van der Waals surface area contributed by atoms with Crippen LogP contribution in [0, 0.1) is 11.8 Å². The summed E-state index contributed by atoms with van der Waals surface area (Å²) in [6.07, 6.45) is 1.03. The molecular formula is C21H24ClNO4S. The number of carbonyl (C=O) groups is 1. The predicted octanol–water partition coefficient (Wildman–Crippen LogP) is 4.36. The summed E-state index contributed by atoms with van der Waals surface area (Å²) >= 11 is 5.92. The van der Waals surface area contributed by atoms with Crippen LogP contribution in [0.1, 0.15) is 36.2 Å². The second-order valence-electron chi connectivity index (χ2n) is 7.50. The van der Waals surface area contributed by atoms with Crippen molar-refractivity contribution in [3.8, 4) is 0 Å². The Kier molecular flexibility index (Phi) is 6.43. The highest BCUT2D eigenvalue weighted by Crippen LogP contribution is 2.26. The molecule has 0 unspecified atom stereocenters. The second-order valence-corrected chi connectivity index (χ2v) is 9.87. The molecule has 1 saturated heterocycles. The van der Waals surface area contributed by atoms with Crippen LogP contribution in [0.25, 0.3) is 0 Å². The van der Waals surface area contributed by atoms with Crippen molar-refractivity contribution in [2.45, 2.75) is 31.8 Å². The van der Waals surface area contributed by atoms with Crippen molar-refractivity contribution in [1.29, 1.82) is 0 Å². The first kappa shape index (κ1) is 20.8. The summed E-state index contributed by atoms with van der Waals surface area (Å²) in [4.78, 5) is 12.4. The number of carbonyl (C=O) groups excluding carboxylic acids is 1. The fraction of sp³-hybridized carbons (Fsp3) is 0.381. The van der Waals surface area contributed by atoms with Gasteiger partial charge in [0.05, 0.1) is 10.5 Å². The van der Waals surface area contributed by atoms with E-state index in [4.69, 9.17) is 16.3 Å². The Labute approximate surface area is 171 Å². The molecule has 1 aliphatic rings. The highest BCUT2D eigenvalue weighted by atomic mass is 35.5. The maximum Gasteiger partial charge on any atom is 0.338 e. The van der Waals surface area contributed by atoms with Gasteiger partial charge in [-0.25, -0.2) is 13.2 Å². The molecule has 2 atom stereocenters. The van der Waals surface area contributed by atoms with Crippen LogP contribution in [0.5, 0.6) is 0 Å². The Morgan fingerprint density at radius 1 is 1.11 bits per heavy atom. The molecule has 0 N–H and O–H groups in total. The normalized spacial score (nSPS) is 20.7. The minimum absolute atomic E-state index is 0.100. The molecule has 0 aromatic heterocycles. The van der Waals surface area contributed by atoms with Crippen molar-refractivity contribution in [3.05, 3.63) is 64.7 Å². The first-order valence-corrected chi connectivity index (χ1v) is 11.1. The zero-order chi connectivity index (χ0) is 20.3. The van der Waals surface area contributed by atoms with Crippen LogP contribution in [0.2, 0.25) is 5.02 Å². The highest BCUT2D eigenvalue weighted by molar-refractivity contribution is 7.89.